The minimum atomic E-state index is -1.23. The van der Waals surface area contributed by atoms with Crippen LogP contribution in [-0.2, 0) is 14.4 Å². The second-order valence-electron chi connectivity index (χ2n) is 4.54. The Hall–Kier alpha value is -1.63. The largest absolute Gasteiger partial charge is 0.481 e. The second-order valence-corrected chi connectivity index (χ2v) is 4.54. The minimum absolute atomic E-state index is 0.0925. The monoisotopic (exact) mass is 260 g/mol. The van der Waals surface area contributed by atoms with E-state index in [0.29, 0.717) is 0 Å². The van der Waals surface area contributed by atoms with Gasteiger partial charge in [0.15, 0.2) is 0 Å². The van der Waals surface area contributed by atoms with Crippen molar-refractivity contribution in [1.29, 1.82) is 0 Å². The maximum absolute atomic E-state index is 11.5. The Bertz CT molecular complexity index is 317. The van der Waals surface area contributed by atoms with E-state index in [0.717, 1.165) is 0 Å². The van der Waals surface area contributed by atoms with Gasteiger partial charge in [-0.1, -0.05) is 13.8 Å². The zero-order chi connectivity index (χ0) is 14.3. The number of hydrogen-bond donors (Lipinski definition) is 4. The number of carboxylic acids is 1. The molecule has 0 aliphatic heterocycles. The zero-order valence-corrected chi connectivity index (χ0v) is 10.5. The third kappa shape index (κ3) is 6.85. The molecule has 2 amide bonds. The van der Waals surface area contributed by atoms with E-state index in [-0.39, 0.29) is 25.2 Å². The smallest absolute Gasteiger partial charge is 0.303 e. The van der Waals surface area contributed by atoms with Crippen LogP contribution in [0.4, 0.5) is 0 Å². The van der Waals surface area contributed by atoms with E-state index in [2.05, 4.69) is 5.32 Å². The molecule has 0 heterocycles. The number of primary amides is 1. The molecular weight excluding hydrogens is 240 g/mol. The maximum atomic E-state index is 11.5. The van der Waals surface area contributed by atoms with Crippen molar-refractivity contribution in [2.45, 2.75) is 45.3 Å². The molecule has 0 rings (SSSR count). The predicted molar refractivity (Wildman–Crippen MR) is 63.5 cm³/mol. The molecule has 0 aromatic carbocycles. The number of carbonyl (C=O) groups excluding carboxylic acids is 2. The fourth-order valence-corrected chi connectivity index (χ4v) is 1.37. The van der Waals surface area contributed by atoms with Crippen molar-refractivity contribution in [2.24, 2.45) is 11.7 Å². The van der Waals surface area contributed by atoms with Crippen molar-refractivity contribution < 1.29 is 24.6 Å². The molecule has 0 unspecified atom stereocenters. The van der Waals surface area contributed by atoms with Crippen LogP contribution >= 0.6 is 0 Å². The fraction of sp³-hybridized carbons (Fsp3) is 0.727. The maximum Gasteiger partial charge on any atom is 0.303 e. The zero-order valence-electron chi connectivity index (χ0n) is 10.5. The van der Waals surface area contributed by atoms with Gasteiger partial charge in [0.25, 0.3) is 0 Å². The number of nitrogens with two attached hydrogens (primary N) is 1. The summed E-state index contributed by atoms with van der Waals surface area (Å²) >= 11 is 0. The summed E-state index contributed by atoms with van der Waals surface area (Å²) in [5, 5.41) is 20.3. The second kappa shape index (κ2) is 7.65. The molecule has 18 heavy (non-hydrogen) atoms. The van der Waals surface area contributed by atoms with Gasteiger partial charge >= 0.3 is 5.97 Å². The topological polar surface area (TPSA) is 130 Å². The molecule has 0 saturated heterocycles. The number of hydrogen-bond acceptors (Lipinski definition) is 4. The Balaban J connectivity index is 4.35. The quantitative estimate of drug-likeness (QED) is 0.455. The molecule has 0 spiro atoms. The number of aliphatic hydroxyl groups excluding tert-OH is 1. The summed E-state index contributed by atoms with van der Waals surface area (Å²) in [6.07, 6.45) is -1.34. The van der Waals surface area contributed by atoms with Crippen LogP contribution in [0.1, 0.15) is 33.1 Å². The standard InChI is InChI=1S/C11H20N2O5/c1-6(2)5-8(14)11(18)13-7(10(12)17)3-4-9(15)16/h6-8,14H,3-5H2,1-2H3,(H2,12,17)(H,13,18)(H,15,16)/t7-,8+/m0/s1. The minimum Gasteiger partial charge on any atom is -0.481 e. The number of aliphatic carboxylic acids is 1. The van der Waals surface area contributed by atoms with E-state index in [1.54, 1.807) is 0 Å². The van der Waals surface area contributed by atoms with Gasteiger partial charge in [0.1, 0.15) is 12.1 Å². The highest BCUT2D eigenvalue weighted by molar-refractivity contribution is 5.88. The molecular formula is C11H20N2O5. The summed E-state index contributed by atoms with van der Waals surface area (Å²) in [6, 6.07) is -1.07. The van der Waals surface area contributed by atoms with Gasteiger partial charge in [-0.05, 0) is 18.8 Å². The van der Waals surface area contributed by atoms with Crippen LogP contribution in [0.2, 0.25) is 0 Å². The van der Waals surface area contributed by atoms with Crippen LogP contribution in [0.3, 0.4) is 0 Å². The Kier molecular flexibility index (Phi) is 6.96. The van der Waals surface area contributed by atoms with Gasteiger partial charge in [-0.3, -0.25) is 14.4 Å². The average molecular weight is 260 g/mol. The predicted octanol–water partition coefficient (Wildman–Crippen LogP) is -0.772. The summed E-state index contributed by atoms with van der Waals surface area (Å²) in [6.45, 7) is 3.68. The van der Waals surface area contributed by atoms with Crippen molar-refractivity contribution in [2.75, 3.05) is 0 Å². The van der Waals surface area contributed by atoms with Gasteiger partial charge in [0.2, 0.25) is 11.8 Å². The van der Waals surface area contributed by atoms with Gasteiger partial charge < -0.3 is 21.3 Å². The van der Waals surface area contributed by atoms with Crippen LogP contribution < -0.4 is 11.1 Å². The lowest BCUT2D eigenvalue weighted by Gasteiger charge is -2.18. The van der Waals surface area contributed by atoms with Gasteiger partial charge in [-0.15, -0.1) is 0 Å². The van der Waals surface area contributed by atoms with Gasteiger partial charge in [-0.2, -0.15) is 0 Å². The van der Waals surface area contributed by atoms with Crippen LogP contribution in [0.25, 0.3) is 0 Å². The number of carboxylic acid groups (broad SMARTS) is 1. The molecule has 2 atom stereocenters. The molecule has 0 radical (unpaired) electrons. The summed E-state index contributed by atoms with van der Waals surface area (Å²) in [4.78, 5) is 32.9. The number of rotatable bonds is 8. The summed E-state index contributed by atoms with van der Waals surface area (Å²) in [7, 11) is 0. The third-order valence-electron chi connectivity index (χ3n) is 2.30. The Morgan fingerprint density at radius 3 is 2.22 bits per heavy atom. The molecule has 0 aromatic heterocycles. The first kappa shape index (κ1) is 16.4. The lowest BCUT2D eigenvalue weighted by molar-refractivity contribution is -0.138. The number of nitrogens with one attached hydrogen (secondary N) is 1. The van der Waals surface area contributed by atoms with Crippen molar-refractivity contribution in [1.82, 2.24) is 5.32 Å². The van der Waals surface area contributed by atoms with E-state index in [1.165, 1.54) is 0 Å². The summed E-state index contributed by atoms with van der Waals surface area (Å²) in [5.41, 5.74) is 5.04. The van der Waals surface area contributed by atoms with Gasteiger partial charge in [0.05, 0.1) is 0 Å². The molecule has 0 aromatic rings. The molecule has 7 nitrogen and oxygen atoms in total. The summed E-state index contributed by atoms with van der Waals surface area (Å²) < 4.78 is 0. The van der Waals surface area contributed by atoms with Crippen LogP contribution in [0, 0.1) is 5.92 Å². The van der Waals surface area contributed by atoms with Crippen molar-refractivity contribution in [3.05, 3.63) is 0 Å². The highest BCUT2D eigenvalue weighted by Crippen LogP contribution is 2.05. The normalized spacial score (nSPS) is 14.0. The van der Waals surface area contributed by atoms with Crippen molar-refractivity contribution in [3.63, 3.8) is 0 Å². The lowest BCUT2D eigenvalue weighted by atomic mass is 10.0. The molecule has 0 bridgehead atoms. The van der Waals surface area contributed by atoms with E-state index in [1.807, 2.05) is 13.8 Å². The molecule has 104 valence electrons. The molecule has 0 fully saturated rings. The Morgan fingerprint density at radius 1 is 1.28 bits per heavy atom. The number of carbonyl (C=O) groups is 3. The molecule has 0 aliphatic rings. The lowest BCUT2D eigenvalue weighted by Crippen LogP contribution is -2.48. The van der Waals surface area contributed by atoms with Crippen LogP contribution in [-0.4, -0.2) is 40.1 Å². The first-order valence-electron chi connectivity index (χ1n) is 5.73. The average Bonchev–Trinajstić information content (AvgIpc) is 2.21. The third-order valence-corrected chi connectivity index (χ3v) is 2.30. The number of amides is 2. The van der Waals surface area contributed by atoms with E-state index in [4.69, 9.17) is 10.8 Å². The van der Waals surface area contributed by atoms with E-state index < -0.39 is 29.9 Å². The first-order valence-corrected chi connectivity index (χ1v) is 5.73. The SMILES string of the molecule is CC(C)C[C@@H](O)C(=O)N[C@@H](CCC(=O)O)C(N)=O. The Morgan fingerprint density at radius 2 is 1.83 bits per heavy atom. The highest BCUT2D eigenvalue weighted by atomic mass is 16.4. The molecule has 0 aliphatic carbocycles. The van der Waals surface area contributed by atoms with Gasteiger partial charge in [0, 0.05) is 6.42 Å². The van der Waals surface area contributed by atoms with E-state index >= 15 is 0 Å². The van der Waals surface area contributed by atoms with E-state index in [9.17, 15) is 19.5 Å². The fourth-order valence-electron chi connectivity index (χ4n) is 1.37. The highest BCUT2D eigenvalue weighted by Gasteiger charge is 2.23. The van der Waals surface area contributed by atoms with Crippen molar-refractivity contribution >= 4 is 17.8 Å². The van der Waals surface area contributed by atoms with Gasteiger partial charge in [-0.25, -0.2) is 0 Å². The first-order chi connectivity index (χ1) is 8.23. The van der Waals surface area contributed by atoms with Crippen LogP contribution in [0.15, 0.2) is 0 Å². The molecule has 5 N–H and O–H groups in total. The molecule has 0 saturated carbocycles. The summed E-state index contributed by atoms with van der Waals surface area (Å²) in [5.74, 6) is -2.49. The number of aliphatic hydroxyl groups is 1. The van der Waals surface area contributed by atoms with Crippen molar-refractivity contribution in [3.8, 4) is 0 Å². The molecule has 7 heteroatoms. The van der Waals surface area contributed by atoms with Crippen LogP contribution in [0.5, 0.6) is 0 Å². The Labute approximate surface area is 105 Å².